The first-order valence-electron chi connectivity index (χ1n) is 12.8. The van der Waals surface area contributed by atoms with E-state index in [0.29, 0.717) is 16.7 Å². The van der Waals surface area contributed by atoms with Crippen molar-refractivity contribution in [2.24, 2.45) is 0 Å². The molecule has 0 fully saturated rings. The molecule has 0 bridgehead atoms. The van der Waals surface area contributed by atoms with Crippen molar-refractivity contribution in [2.75, 3.05) is 11.1 Å². The number of carbonyl (C=O) groups excluding carboxylic acids is 1. The van der Waals surface area contributed by atoms with Crippen LogP contribution in [-0.4, -0.2) is 35.8 Å². The van der Waals surface area contributed by atoms with E-state index in [-0.39, 0.29) is 34.6 Å². The van der Waals surface area contributed by atoms with Crippen LogP contribution >= 0.6 is 11.6 Å². The smallest absolute Gasteiger partial charge is 0.231 e. The fraction of sp³-hybridized carbons (Fsp3) is 0.100. The number of nitrogens with zero attached hydrogens (tertiary/aromatic N) is 6. The van der Waals surface area contributed by atoms with Gasteiger partial charge in [-0.05, 0) is 79.2 Å². The minimum atomic E-state index is -0.314. The number of carbonyl (C=O) groups is 1. The number of pyridine rings is 2. The van der Waals surface area contributed by atoms with E-state index in [4.69, 9.17) is 17.3 Å². The standard InChI is InChI=1S/C15H10ClFN4O.C15H13FN4/c1-8(22)18-15-20-12-7-6-11(19-13(12)14(16)21-15)9-2-4-10(17)5-3-9;1-2-11-14-13(20-15(17)19-11)8-7-12(18-14)9-3-5-10(16)6-4-9/h2-7H,1H3,(H,18,20,21,22);3-8H,2H2,1H3,(H2,17,19,20). The summed E-state index contributed by atoms with van der Waals surface area (Å²) in [6.07, 6.45) is 0.725. The Bertz CT molecular complexity index is 1920. The van der Waals surface area contributed by atoms with Gasteiger partial charge in [-0.1, -0.05) is 18.5 Å². The van der Waals surface area contributed by atoms with E-state index >= 15 is 0 Å². The van der Waals surface area contributed by atoms with Crippen molar-refractivity contribution in [3.63, 3.8) is 0 Å². The second-order valence-electron chi connectivity index (χ2n) is 9.04. The van der Waals surface area contributed by atoms with E-state index in [2.05, 4.69) is 35.2 Å². The number of nitrogen functional groups attached to an aromatic ring is 1. The maximum Gasteiger partial charge on any atom is 0.231 e. The van der Waals surface area contributed by atoms with Crippen molar-refractivity contribution in [3.05, 3.63) is 95.3 Å². The van der Waals surface area contributed by atoms with Gasteiger partial charge in [-0.15, -0.1) is 0 Å². The summed E-state index contributed by atoms with van der Waals surface area (Å²) in [5.74, 6) is -0.482. The lowest BCUT2D eigenvalue weighted by molar-refractivity contribution is -0.114. The maximum atomic E-state index is 13.0. The molecule has 0 saturated carbocycles. The van der Waals surface area contributed by atoms with Crippen LogP contribution in [-0.2, 0) is 11.2 Å². The van der Waals surface area contributed by atoms with Gasteiger partial charge in [0.1, 0.15) is 22.7 Å². The van der Waals surface area contributed by atoms with E-state index in [0.717, 1.165) is 40.0 Å². The molecule has 9 nitrogen and oxygen atoms in total. The molecule has 0 aliphatic rings. The molecule has 210 valence electrons. The normalized spacial score (nSPS) is 10.8. The molecule has 12 heteroatoms. The van der Waals surface area contributed by atoms with Crippen LogP contribution in [0.25, 0.3) is 44.6 Å². The zero-order chi connectivity index (χ0) is 29.8. The van der Waals surface area contributed by atoms with Gasteiger partial charge >= 0.3 is 0 Å². The average molecular weight is 585 g/mol. The number of nitrogens with one attached hydrogen (secondary N) is 1. The average Bonchev–Trinajstić information content (AvgIpc) is 2.97. The van der Waals surface area contributed by atoms with Crippen molar-refractivity contribution in [1.82, 2.24) is 29.9 Å². The molecule has 0 aliphatic carbocycles. The number of aryl methyl sites for hydroxylation is 1. The molecule has 2 aromatic carbocycles. The first kappa shape index (κ1) is 28.4. The van der Waals surface area contributed by atoms with Crippen LogP contribution < -0.4 is 11.1 Å². The molecule has 4 aromatic heterocycles. The molecule has 0 unspecified atom stereocenters. The zero-order valence-corrected chi connectivity index (χ0v) is 23.2. The Kier molecular flexibility index (Phi) is 8.21. The summed E-state index contributed by atoms with van der Waals surface area (Å²) in [5.41, 5.74) is 11.9. The number of hydrogen-bond donors (Lipinski definition) is 2. The van der Waals surface area contributed by atoms with Crippen molar-refractivity contribution < 1.29 is 13.6 Å². The number of benzene rings is 2. The summed E-state index contributed by atoms with van der Waals surface area (Å²) in [5, 5.41) is 2.61. The zero-order valence-electron chi connectivity index (χ0n) is 22.4. The molecule has 4 heterocycles. The van der Waals surface area contributed by atoms with Crippen LogP contribution in [0.5, 0.6) is 0 Å². The van der Waals surface area contributed by atoms with Crippen molar-refractivity contribution in [3.8, 4) is 22.5 Å². The molecule has 6 rings (SSSR count). The number of nitrogens with two attached hydrogens (primary N) is 1. The van der Waals surface area contributed by atoms with Gasteiger partial charge in [-0.3, -0.25) is 10.1 Å². The Labute approximate surface area is 243 Å². The van der Waals surface area contributed by atoms with Crippen molar-refractivity contribution in [1.29, 1.82) is 0 Å². The van der Waals surface area contributed by atoms with E-state index in [1.807, 2.05) is 19.1 Å². The van der Waals surface area contributed by atoms with Gasteiger partial charge in [0.25, 0.3) is 0 Å². The summed E-state index contributed by atoms with van der Waals surface area (Å²) in [6.45, 7) is 3.35. The highest BCUT2D eigenvalue weighted by atomic mass is 35.5. The summed E-state index contributed by atoms with van der Waals surface area (Å²) in [6, 6.07) is 19.4. The second-order valence-corrected chi connectivity index (χ2v) is 9.40. The van der Waals surface area contributed by atoms with Gasteiger partial charge in [-0.2, -0.15) is 4.98 Å². The Morgan fingerprint density at radius 3 is 1.79 bits per heavy atom. The van der Waals surface area contributed by atoms with Gasteiger partial charge in [0.15, 0.2) is 5.15 Å². The van der Waals surface area contributed by atoms with Crippen LogP contribution in [0.4, 0.5) is 20.7 Å². The number of amides is 1. The summed E-state index contributed by atoms with van der Waals surface area (Å²) < 4.78 is 25.9. The highest BCUT2D eigenvalue weighted by molar-refractivity contribution is 6.33. The van der Waals surface area contributed by atoms with E-state index in [1.165, 1.54) is 31.2 Å². The number of hydrogen-bond acceptors (Lipinski definition) is 8. The van der Waals surface area contributed by atoms with Gasteiger partial charge in [0, 0.05) is 18.1 Å². The van der Waals surface area contributed by atoms with Crippen LogP contribution in [0, 0.1) is 11.6 Å². The van der Waals surface area contributed by atoms with Crippen LogP contribution in [0.15, 0.2) is 72.8 Å². The molecular weight excluding hydrogens is 562 g/mol. The molecule has 0 spiro atoms. The Hall–Kier alpha value is -5.16. The predicted molar refractivity (Wildman–Crippen MR) is 159 cm³/mol. The molecular formula is C30H23ClF2N8O. The number of rotatable bonds is 4. The number of fused-ring (bicyclic) bond motifs is 2. The SMILES string of the molecule is CC(=O)Nc1nc(Cl)c2nc(-c3ccc(F)cc3)ccc2n1.CCc1nc(N)nc2ccc(-c3ccc(F)cc3)nc12. The predicted octanol–water partition coefficient (Wildman–Crippen LogP) is 6.42. The number of aromatic nitrogens is 6. The van der Waals surface area contributed by atoms with Gasteiger partial charge < -0.3 is 5.73 Å². The third-order valence-electron chi connectivity index (χ3n) is 6.03. The van der Waals surface area contributed by atoms with Gasteiger partial charge in [0.05, 0.1) is 28.1 Å². The summed E-state index contributed by atoms with van der Waals surface area (Å²) in [4.78, 5) is 36.6. The summed E-state index contributed by atoms with van der Waals surface area (Å²) in [7, 11) is 0. The third kappa shape index (κ3) is 6.42. The van der Waals surface area contributed by atoms with E-state index in [1.54, 1.807) is 36.4 Å². The number of halogens is 3. The number of anilines is 2. The second kappa shape index (κ2) is 12.1. The first-order chi connectivity index (χ1) is 20.2. The first-order valence-corrected chi connectivity index (χ1v) is 13.1. The monoisotopic (exact) mass is 584 g/mol. The van der Waals surface area contributed by atoms with Crippen molar-refractivity contribution in [2.45, 2.75) is 20.3 Å². The highest BCUT2D eigenvalue weighted by Crippen LogP contribution is 2.25. The Morgan fingerprint density at radius 1 is 0.738 bits per heavy atom. The maximum absolute atomic E-state index is 13.0. The lowest BCUT2D eigenvalue weighted by Crippen LogP contribution is -2.09. The Balaban J connectivity index is 0.000000169. The Morgan fingerprint density at radius 2 is 1.26 bits per heavy atom. The molecule has 0 aliphatic heterocycles. The lowest BCUT2D eigenvalue weighted by atomic mass is 10.1. The molecule has 42 heavy (non-hydrogen) atoms. The van der Waals surface area contributed by atoms with Crippen LogP contribution in [0.2, 0.25) is 5.15 Å². The molecule has 6 aromatic rings. The van der Waals surface area contributed by atoms with E-state index in [9.17, 15) is 13.6 Å². The fourth-order valence-corrected chi connectivity index (χ4v) is 4.31. The van der Waals surface area contributed by atoms with Crippen LogP contribution in [0.3, 0.4) is 0 Å². The lowest BCUT2D eigenvalue weighted by Gasteiger charge is -2.06. The topological polar surface area (TPSA) is 132 Å². The minimum Gasteiger partial charge on any atom is -0.368 e. The molecule has 3 N–H and O–H groups in total. The van der Waals surface area contributed by atoms with Crippen LogP contribution in [0.1, 0.15) is 19.5 Å². The fourth-order valence-electron chi connectivity index (χ4n) is 4.10. The largest absolute Gasteiger partial charge is 0.368 e. The quantitative estimate of drug-likeness (QED) is 0.227. The minimum absolute atomic E-state index is 0.126. The van der Waals surface area contributed by atoms with Gasteiger partial charge in [-0.25, -0.2) is 33.7 Å². The highest BCUT2D eigenvalue weighted by Gasteiger charge is 2.11. The molecule has 0 atom stereocenters. The molecule has 0 radical (unpaired) electrons. The van der Waals surface area contributed by atoms with Crippen molar-refractivity contribution >= 4 is 51.5 Å². The molecule has 0 saturated heterocycles. The van der Waals surface area contributed by atoms with E-state index < -0.39 is 0 Å². The van der Waals surface area contributed by atoms with Gasteiger partial charge in [0.2, 0.25) is 17.8 Å². The third-order valence-corrected chi connectivity index (χ3v) is 6.30. The molecule has 1 amide bonds. The summed E-state index contributed by atoms with van der Waals surface area (Å²) >= 11 is 6.11.